The molecule has 0 bridgehead atoms. The topological polar surface area (TPSA) is 59.3 Å². The lowest BCUT2D eigenvalue weighted by atomic mass is 10.2. The molecule has 18 heavy (non-hydrogen) atoms. The highest BCUT2D eigenvalue weighted by molar-refractivity contribution is 7.07. The lowest BCUT2D eigenvalue weighted by Crippen LogP contribution is -2.19. The standard InChI is InChI=1S/C12H10N4OS/c1-13-12(17)10-4-14-11-3-2-8(5-16(10)11)9-6-18-7-15-9/h2-7H,1H3,(H,13,17). The van der Waals surface area contributed by atoms with Crippen molar-refractivity contribution in [3.63, 3.8) is 0 Å². The molecule has 0 radical (unpaired) electrons. The molecule has 3 heterocycles. The average Bonchev–Trinajstić information content (AvgIpc) is 3.06. The third-order valence-electron chi connectivity index (χ3n) is 2.69. The molecule has 0 aliphatic rings. The number of pyridine rings is 1. The quantitative estimate of drug-likeness (QED) is 0.762. The second-order valence-corrected chi connectivity index (χ2v) is 4.46. The van der Waals surface area contributed by atoms with Gasteiger partial charge in [0.15, 0.2) is 0 Å². The number of nitrogens with one attached hydrogen (secondary N) is 1. The van der Waals surface area contributed by atoms with Gasteiger partial charge in [0.1, 0.15) is 11.3 Å². The Labute approximate surface area is 107 Å². The highest BCUT2D eigenvalue weighted by atomic mass is 32.1. The lowest BCUT2D eigenvalue weighted by Gasteiger charge is -2.02. The number of carbonyl (C=O) groups excluding carboxylic acids is 1. The van der Waals surface area contributed by atoms with Crippen molar-refractivity contribution < 1.29 is 4.79 Å². The van der Waals surface area contributed by atoms with Crippen LogP contribution in [0.1, 0.15) is 10.5 Å². The van der Waals surface area contributed by atoms with Crippen LogP contribution in [0, 0.1) is 0 Å². The van der Waals surface area contributed by atoms with Crippen molar-refractivity contribution in [2.45, 2.75) is 0 Å². The normalized spacial score (nSPS) is 10.7. The summed E-state index contributed by atoms with van der Waals surface area (Å²) in [5, 5.41) is 4.57. The summed E-state index contributed by atoms with van der Waals surface area (Å²) in [6.45, 7) is 0. The molecule has 3 aromatic rings. The number of thiazole rings is 1. The number of amides is 1. The van der Waals surface area contributed by atoms with Gasteiger partial charge in [-0.2, -0.15) is 0 Å². The molecule has 0 fully saturated rings. The van der Waals surface area contributed by atoms with E-state index in [4.69, 9.17) is 0 Å². The molecular weight excluding hydrogens is 248 g/mol. The molecule has 1 amide bonds. The van der Waals surface area contributed by atoms with Crippen molar-refractivity contribution >= 4 is 22.9 Å². The van der Waals surface area contributed by atoms with Crippen LogP contribution in [0.5, 0.6) is 0 Å². The predicted octanol–water partition coefficient (Wildman–Crippen LogP) is 1.82. The molecule has 0 saturated carbocycles. The highest BCUT2D eigenvalue weighted by Crippen LogP contribution is 2.20. The molecule has 0 atom stereocenters. The van der Waals surface area contributed by atoms with Crippen LogP contribution >= 0.6 is 11.3 Å². The van der Waals surface area contributed by atoms with Crippen LogP contribution in [0.25, 0.3) is 16.9 Å². The summed E-state index contributed by atoms with van der Waals surface area (Å²) in [7, 11) is 1.60. The van der Waals surface area contributed by atoms with Crippen molar-refractivity contribution in [2.24, 2.45) is 0 Å². The third kappa shape index (κ3) is 1.67. The van der Waals surface area contributed by atoms with E-state index in [0.717, 1.165) is 16.9 Å². The van der Waals surface area contributed by atoms with Crippen molar-refractivity contribution in [2.75, 3.05) is 7.05 Å². The molecule has 0 aliphatic heterocycles. The Morgan fingerprint density at radius 2 is 2.28 bits per heavy atom. The Hall–Kier alpha value is -2.21. The van der Waals surface area contributed by atoms with Crippen molar-refractivity contribution in [1.82, 2.24) is 19.7 Å². The second kappa shape index (κ2) is 4.23. The Bertz CT molecular complexity index is 702. The average molecular weight is 258 g/mol. The minimum Gasteiger partial charge on any atom is -0.354 e. The van der Waals surface area contributed by atoms with Crippen molar-refractivity contribution in [1.29, 1.82) is 0 Å². The maximum absolute atomic E-state index is 11.7. The summed E-state index contributed by atoms with van der Waals surface area (Å²) < 4.78 is 1.77. The van der Waals surface area contributed by atoms with Gasteiger partial charge in [0.2, 0.25) is 0 Å². The van der Waals surface area contributed by atoms with E-state index in [9.17, 15) is 4.79 Å². The van der Waals surface area contributed by atoms with Crippen molar-refractivity contribution in [3.05, 3.63) is 41.1 Å². The zero-order chi connectivity index (χ0) is 12.5. The van der Waals surface area contributed by atoms with Gasteiger partial charge in [0.25, 0.3) is 5.91 Å². The third-order valence-corrected chi connectivity index (χ3v) is 3.28. The first-order chi connectivity index (χ1) is 8.79. The molecule has 0 aromatic carbocycles. The van der Waals surface area contributed by atoms with Crippen LogP contribution in [-0.2, 0) is 0 Å². The van der Waals surface area contributed by atoms with Crippen molar-refractivity contribution in [3.8, 4) is 11.3 Å². The number of aromatic nitrogens is 3. The van der Waals surface area contributed by atoms with Gasteiger partial charge >= 0.3 is 0 Å². The van der Waals surface area contributed by atoms with Crippen LogP contribution in [0.3, 0.4) is 0 Å². The smallest absolute Gasteiger partial charge is 0.269 e. The molecule has 5 nitrogen and oxygen atoms in total. The van der Waals surface area contributed by atoms with E-state index in [0.29, 0.717) is 5.69 Å². The molecule has 90 valence electrons. The predicted molar refractivity (Wildman–Crippen MR) is 69.7 cm³/mol. The first kappa shape index (κ1) is 10.9. The number of nitrogens with zero attached hydrogens (tertiary/aromatic N) is 3. The molecule has 0 aliphatic carbocycles. The van der Waals surface area contributed by atoms with Gasteiger partial charge in [0, 0.05) is 24.2 Å². The van der Waals surface area contributed by atoms with Crippen LogP contribution in [0.4, 0.5) is 0 Å². The Balaban J connectivity index is 2.18. The lowest BCUT2D eigenvalue weighted by molar-refractivity contribution is 0.0957. The molecule has 3 aromatic heterocycles. The Morgan fingerprint density at radius 3 is 3.00 bits per heavy atom. The first-order valence-electron chi connectivity index (χ1n) is 5.37. The SMILES string of the molecule is CNC(=O)c1cnc2ccc(-c3cscn3)cn12. The van der Waals surface area contributed by atoms with E-state index in [1.54, 1.807) is 34.5 Å². The molecule has 0 spiro atoms. The Kier molecular flexibility index (Phi) is 2.56. The van der Waals surface area contributed by atoms with E-state index >= 15 is 0 Å². The number of imidazole rings is 1. The fraction of sp³-hybridized carbons (Fsp3) is 0.0833. The summed E-state index contributed by atoms with van der Waals surface area (Å²) >= 11 is 1.54. The minimum atomic E-state index is -0.155. The summed E-state index contributed by atoms with van der Waals surface area (Å²) in [6.07, 6.45) is 3.45. The fourth-order valence-electron chi connectivity index (χ4n) is 1.78. The fourth-order valence-corrected chi connectivity index (χ4v) is 2.34. The molecule has 6 heteroatoms. The zero-order valence-corrected chi connectivity index (χ0v) is 10.4. The summed E-state index contributed by atoms with van der Waals surface area (Å²) in [4.78, 5) is 20.2. The van der Waals surface area contributed by atoms with Crippen LogP contribution < -0.4 is 5.32 Å². The summed E-state index contributed by atoms with van der Waals surface area (Å²) in [5.74, 6) is -0.155. The highest BCUT2D eigenvalue weighted by Gasteiger charge is 2.11. The minimum absolute atomic E-state index is 0.155. The maximum Gasteiger partial charge on any atom is 0.269 e. The number of hydrogen-bond donors (Lipinski definition) is 1. The van der Waals surface area contributed by atoms with Gasteiger partial charge in [-0.1, -0.05) is 0 Å². The molecule has 1 N–H and O–H groups in total. The Morgan fingerprint density at radius 1 is 1.39 bits per heavy atom. The first-order valence-corrected chi connectivity index (χ1v) is 6.31. The van der Waals surface area contributed by atoms with Gasteiger partial charge < -0.3 is 5.32 Å². The summed E-state index contributed by atoms with van der Waals surface area (Å²) in [6, 6.07) is 3.83. The van der Waals surface area contributed by atoms with Crippen LogP contribution in [0.2, 0.25) is 0 Å². The maximum atomic E-state index is 11.7. The van der Waals surface area contributed by atoms with E-state index in [1.165, 1.54) is 0 Å². The zero-order valence-electron chi connectivity index (χ0n) is 9.62. The number of hydrogen-bond acceptors (Lipinski definition) is 4. The van der Waals surface area contributed by atoms with E-state index < -0.39 is 0 Å². The van der Waals surface area contributed by atoms with Gasteiger partial charge in [-0.3, -0.25) is 9.20 Å². The van der Waals surface area contributed by atoms with E-state index in [2.05, 4.69) is 15.3 Å². The molecule has 0 saturated heterocycles. The van der Waals surface area contributed by atoms with E-state index in [-0.39, 0.29) is 5.91 Å². The monoisotopic (exact) mass is 258 g/mol. The van der Waals surface area contributed by atoms with Crippen LogP contribution in [0.15, 0.2) is 35.4 Å². The summed E-state index contributed by atoms with van der Waals surface area (Å²) in [5.41, 5.74) is 4.91. The second-order valence-electron chi connectivity index (χ2n) is 3.74. The number of carbonyl (C=O) groups is 1. The number of fused-ring (bicyclic) bond motifs is 1. The molecule has 3 rings (SSSR count). The van der Waals surface area contributed by atoms with Gasteiger partial charge in [-0.05, 0) is 12.1 Å². The van der Waals surface area contributed by atoms with E-state index in [1.807, 2.05) is 23.7 Å². The molecule has 0 unspecified atom stereocenters. The van der Waals surface area contributed by atoms with Gasteiger partial charge in [0.05, 0.1) is 17.4 Å². The molecular formula is C12H10N4OS. The number of rotatable bonds is 2. The van der Waals surface area contributed by atoms with Gasteiger partial charge in [-0.15, -0.1) is 11.3 Å². The van der Waals surface area contributed by atoms with Crippen LogP contribution in [-0.4, -0.2) is 27.3 Å². The van der Waals surface area contributed by atoms with Gasteiger partial charge in [-0.25, -0.2) is 9.97 Å². The largest absolute Gasteiger partial charge is 0.354 e.